The molecular weight excluding hydrogens is 206 g/mol. The van der Waals surface area contributed by atoms with Crippen molar-refractivity contribution in [3.05, 3.63) is 28.5 Å². The molecule has 0 spiro atoms. The molecule has 1 aromatic rings. The predicted molar refractivity (Wildman–Crippen MR) is 65.8 cm³/mol. The fourth-order valence-electron chi connectivity index (χ4n) is 0.983. The van der Waals surface area contributed by atoms with Gasteiger partial charge in [-0.1, -0.05) is 19.9 Å². The van der Waals surface area contributed by atoms with Gasteiger partial charge in [0.05, 0.1) is 0 Å². The van der Waals surface area contributed by atoms with Gasteiger partial charge in [0.2, 0.25) is 5.91 Å². The second-order valence-corrected chi connectivity index (χ2v) is 4.87. The molecule has 1 N–H and O–H groups in total. The SMILES string of the molecule is CC(C)C(C)NC(=O)/C=C/c1cccs1. The van der Waals surface area contributed by atoms with Gasteiger partial charge in [0.1, 0.15) is 0 Å². The maximum absolute atomic E-state index is 11.5. The Labute approximate surface area is 95.0 Å². The summed E-state index contributed by atoms with van der Waals surface area (Å²) in [6, 6.07) is 4.17. The molecule has 1 atom stereocenters. The van der Waals surface area contributed by atoms with E-state index in [9.17, 15) is 4.79 Å². The summed E-state index contributed by atoms with van der Waals surface area (Å²) in [5.41, 5.74) is 0. The summed E-state index contributed by atoms with van der Waals surface area (Å²) in [6.45, 7) is 6.20. The van der Waals surface area contributed by atoms with Crippen LogP contribution in [0.3, 0.4) is 0 Å². The van der Waals surface area contributed by atoms with Crippen molar-refractivity contribution in [2.24, 2.45) is 5.92 Å². The van der Waals surface area contributed by atoms with Crippen LogP contribution in [-0.4, -0.2) is 11.9 Å². The van der Waals surface area contributed by atoms with Crippen LogP contribution in [0.25, 0.3) is 6.08 Å². The lowest BCUT2D eigenvalue weighted by atomic mass is 10.1. The first kappa shape index (κ1) is 12.0. The minimum atomic E-state index is -0.0235. The third-order valence-corrected chi connectivity index (χ3v) is 3.15. The number of carbonyl (C=O) groups excluding carboxylic acids is 1. The lowest BCUT2D eigenvalue weighted by molar-refractivity contribution is -0.117. The zero-order valence-electron chi connectivity index (χ0n) is 9.36. The van der Waals surface area contributed by atoms with Gasteiger partial charge in [-0.15, -0.1) is 11.3 Å². The number of carbonyl (C=O) groups is 1. The Morgan fingerprint density at radius 1 is 1.47 bits per heavy atom. The monoisotopic (exact) mass is 223 g/mol. The van der Waals surface area contributed by atoms with Crippen molar-refractivity contribution in [1.82, 2.24) is 5.32 Å². The molecule has 1 rings (SSSR count). The number of thiophene rings is 1. The Hall–Kier alpha value is -1.09. The lowest BCUT2D eigenvalue weighted by Gasteiger charge is -2.15. The van der Waals surface area contributed by atoms with Gasteiger partial charge >= 0.3 is 0 Å². The molecule has 0 radical (unpaired) electrons. The molecule has 0 aliphatic rings. The number of rotatable bonds is 4. The van der Waals surface area contributed by atoms with E-state index in [0.29, 0.717) is 5.92 Å². The standard InChI is InChI=1S/C12H17NOS/c1-9(2)10(3)13-12(14)7-6-11-5-4-8-15-11/h4-10H,1-3H3,(H,13,14)/b7-6+. The number of amides is 1. The summed E-state index contributed by atoms with van der Waals surface area (Å²) in [5, 5.41) is 4.92. The largest absolute Gasteiger partial charge is 0.350 e. The van der Waals surface area contributed by atoms with Gasteiger partial charge < -0.3 is 5.32 Å². The highest BCUT2D eigenvalue weighted by molar-refractivity contribution is 7.10. The number of hydrogen-bond acceptors (Lipinski definition) is 2. The molecule has 82 valence electrons. The van der Waals surface area contributed by atoms with E-state index in [4.69, 9.17) is 0 Å². The van der Waals surface area contributed by atoms with Crippen LogP contribution in [0.4, 0.5) is 0 Å². The average molecular weight is 223 g/mol. The lowest BCUT2D eigenvalue weighted by Crippen LogP contribution is -2.34. The molecule has 0 aliphatic heterocycles. The molecule has 15 heavy (non-hydrogen) atoms. The van der Waals surface area contributed by atoms with Crippen molar-refractivity contribution in [2.45, 2.75) is 26.8 Å². The molecular formula is C12H17NOS. The molecule has 3 heteroatoms. The minimum Gasteiger partial charge on any atom is -0.350 e. The Balaban J connectivity index is 2.43. The summed E-state index contributed by atoms with van der Waals surface area (Å²) < 4.78 is 0. The van der Waals surface area contributed by atoms with Crippen molar-refractivity contribution in [3.63, 3.8) is 0 Å². The van der Waals surface area contributed by atoms with E-state index in [1.54, 1.807) is 17.4 Å². The van der Waals surface area contributed by atoms with E-state index in [-0.39, 0.29) is 11.9 Å². The molecule has 0 aromatic carbocycles. The third kappa shape index (κ3) is 4.30. The number of hydrogen-bond donors (Lipinski definition) is 1. The van der Waals surface area contributed by atoms with E-state index in [1.807, 2.05) is 30.5 Å². The van der Waals surface area contributed by atoms with Crippen LogP contribution in [0.5, 0.6) is 0 Å². The molecule has 0 saturated heterocycles. The maximum Gasteiger partial charge on any atom is 0.244 e. The van der Waals surface area contributed by atoms with Gasteiger partial charge in [-0.2, -0.15) is 0 Å². The third-order valence-electron chi connectivity index (χ3n) is 2.31. The Morgan fingerprint density at radius 2 is 2.20 bits per heavy atom. The van der Waals surface area contributed by atoms with Gasteiger partial charge in [-0.25, -0.2) is 0 Å². The van der Waals surface area contributed by atoms with E-state index in [2.05, 4.69) is 19.2 Å². The van der Waals surface area contributed by atoms with Gasteiger partial charge in [0.15, 0.2) is 0 Å². The van der Waals surface area contributed by atoms with Crippen LogP contribution in [0, 0.1) is 5.92 Å². The van der Waals surface area contributed by atoms with Crippen molar-refractivity contribution < 1.29 is 4.79 Å². The van der Waals surface area contributed by atoms with Crippen LogP contribution in [0.2, 0.25) is 0 Å². The molecule has 0 bridgehead atoms. The van der Waals surface area contributed by atoms with Crippen molar-refractivity contribution in [2.75, 3.05) is 0 Å². The summed E-state index contributed by atoms with van der Waals surface area (Å²) in [4.78, 5) is 12.6. The average Bonchev–Trinajstić information content (AvgIpc) is 2.66. The second kappa shape index (κ2) is 5.71. The highest BCUT2D eigenvalue weighted by Gasteiger charge is 2.07. The van der Waals surface area contributed by atoms with Gasteiger partial charge in [-0.05, 0) is 30.4 Å². The molecule has 0 fully saturated rings. The van der Waals surface area contributed by atoms with E-state index in [0.717, 1.165) is 4.88 Å². The fraction of sp³-hybridized carbons (Fsp3) is 0.417. The fourth-order valence-corrected chi connectivity index (χ4v) is 1.60. The zero-order valence-corrected chi connectivity index (χ0v) is 10.2. The highest BCUT2D eigenvalue weighted by Crippen LogP contribution is 2.10. The normalized spacial score (nSPS) is 13.3. The van der Waals surface area contributed by atoms with Crippen LogP contribution in [0.15, 0.2) is 23.6 Å². The molecule has 0 aliphatic carbocycles. The highest BCUT2D eigenvalue weighted by atomic mass is 32.1. The first-order chi connectivity index (χ1) is 7.09. The summed E-state index contributed by atoms with van der Waals surface area (Å²) in [7, 11) is 0. The quantitative estimate of drug-likeness (QED) is 0.781. The first-order valence-corrected chi connectivity index (χ1v) is 5.99. The minimum absolute atomic E-state index is 0.0235. The second-order valence-electron chi connectivity index (χ2n) is 3.89. The van der Waals surface area contributed by atoms with Crippen molar-refractivity contribution in [1.29, 1.82) is 0 Å². The summed E-state index contributed by atoms with van der Waals surface area (Å²) in [5.74, 6) is 0.439. The molecule has 2 nitrogen and oxygen atoms in total. The zero-order chi connectivity index (χ0) is 11.3. The van der Waals surface area contributed by atoms with Crippen LogP contribution in [0.1, 0.15) is 25.6 Å². The maximum atomic E-state index is 11.5. The molecule has 1 unspecified atom stereocenters. The molecule has 1 amide bonds. The van der Waals surface area contributed by atoms with E-state index < -0.39 is 0 Å². The van der Waals surface area contributed by atoms with E-state index >= 15 is 0 Å². The first-order valence-electron chi connectivity index (χ1n) is 5.11. The van der Waals surface area contributed by atoms with Crippen LogP contribution < -0.4 is 5.32 Å². The van der Waals surface area contributed by atoms with Crippen molar-refractivity contribution in [3.8, 4) is 0 Å². The smallest absolute Gasteiger partial charge is 0.244 e. The molecule has 0 saturated carbocycles. The van der Waals surface area contributed by atoms with Gasteiger partial charge in [-0.3, -0.25) is 4.79 Å². The topological polar surface area (TPSA) is 29.1 Å². The van der Waals surface area contributed by atoms with E-state index in [1.165, 1.54) is 0 Å². The van der Waals surface area contributed by atoms with Gasteiger partial charge in [0, 0.05) is 17.0 Å². The van der Waals surface area contributed by atoms with Crippen LogP contribution in [-0.2, 0) is 4.79 Å². The Bertz CT molecular complexity index is 327. The molecule has 1 heterocycles. The Kier molecular flexibility index (Phi) is 4.56. The summed E-state index contributed by atoms with van der Waals surface area (Å²) in [6.07, 6.45) is 3.43. The van der Waals surface area contributed by atoms with Gasteiger partial charge in [0.25, 0.3) is 0 Å². The van der Waals surface area contributed by atoms with Crippen LogP contribution >= 0.6 is 11.3 Å². The Morgan fingerprint density at radius 3 is 2.73 bits per heavy atom. The summed E-state index contributed by atoms with van der Waals surface area (Å²) >= 11 is 1.62. The predicted octanol–water partition coefficient (Wildman–Crippen LogP) is 2.92. The molecule has 1 aromatic heterocycles. The van der Waals surface area contributed by atoms with Crippen molar-refractivity contribution >= 4 is 23.3 Å². The number of nitrogens with one attached hydrogen (secondary N) is 1.